The Kier molecular flexibility index (Phi) is 3.69. The summed E-state index contributed by atoms with van der Waals surface area (Å²) in [7, 11) is 0. The summed E-state index contributed by atoms with van der Waals surface area (Å²) in [5, 5.41) is 0. The molecule has 1 heterocycles. The van der Waals surface area contributed by atoms with Crippen LogP contribution in [0.4, 0.5) is 0 Å². The van der Waals surface area contributed by atoms with E-state index >= 15 is 0 Å². The quantitative estimate of drug-likeness (QED) is 0.442. The summed E-state index contributed by atoms with van der Waals surface area (Å²) in [6, 6.07) is 27.4. The van der Waals surface area contributed by atoms with Crippen LogP contribution in [0.1, 0.15) is 26.3 Å². The van der Waals surface area contributed by atoms with E-state index < -0.39 is 0 Å². The van der Waals surface area contributed by atoms with Crippen molar-refractivity contribution in [3.8, 4) is 17.1 Å². The lowest BCUT2D eigenvalue weighted by molar-refractivity contribution is 0.595. The van der Waals surface area contributed by atoms with Gasteiger partial charge in [-0.3, -0.25) is 4.57 Å². The van der Waals surface area contributed by atoms with Crippen LogP contribution in [0, 0.1) is 0 Å². The van der Waals surface area contributed by atoms with Crippen LogP contribution in [0.5, 0.6) is 0 Å². The van der Waals surface area contributed by atoms with Gasteiger partial charge in [-0.25, -0.2) is 4.98 Å². The van der Waals surface area contributed by atoms with E-state index in [0.29, 0.717) is 0 Å². The number of benzene rings is 3. The molecule has 0 saturated carbocycles. The minimum absolute atomic E-state index is 0.0450. The van der Waals surface area contributed by atoms with E-state index in [-0.39, 0.29) is 5.41 Å². The first-order valence-corrected chi connectivity index (χ1v) is 8.68. The molecule has 3 aromatic carbocycles. The standard InChI is InChI=1S/C23H22N2/c1-23(2,3)19-15-10-16-20-21(19)24-22(17-11-6-4-7-12-17)25(20)18-13-8-5-9-14-18/h4-16H,1-3H3. The second-order valence-electron chi connectivity index (χ2n) is 7.40. The molecule has 0 unspecified atom stereocenters. The maximum atomic E-state index is 5.09. The van der Waals surface area contributed by atoms with Gasteiger partial charge in [-0.05, 0) is 29.2 Å². The minimum atomic E-state index is 0.0450. The molecule has 0 fully saturated rings. The number of imidazole rings is 1. The minimum Gasteiger partial charge on any atom is -0.292 e. The fourth-order valence-electron chi connectivity index (χ4n) is 3.32. The van der Waals surface area contributed by atoms with E-state index in [9.17, 15) is 0 Å². The Morgan fingerprint density at radius 3 is 2.00 bits per heavy atom. The number of rotatable bonds is 2. The van der Waals surface area contributed by atoms with E-state index in [1.807, 2.05) is 12.1 Å². The second kappa shape index (κ2) is 5.89. The highest BCUT2D eigenvalue weighted by Crippen LogP contribution is 2.34. The molecule has 4 aromatic rings. The van der Waals surface area contributed by atoms with Gasteiger partial charge in [0.2, 0.25) is 0 Å². The average molecular weight is 326 g/mol. The topological polar surface area (TPSA) is 17.8 Å². The van der Waals surface area contributed by atoms with Crippen molar-refractivity contribution >= 4 is 11.0 Å². The maximum absolute atomic E-state index is 5.09. The fraction of sp³-hybridized carbons (Fsp3) is 0.174. The van der Waals surface area contributed by atoms with Crippen LogP contribution in [-0.2, 0) is 5.41 Å². The number of para-hydroxylation sites is 2. The summed E-state index contributed by atoms with van der Waals surface area (Å²) >= 11 is 0. The van der Waals surface area contributed by atoms with Gasteiger partial charge in [0.25, 0.3) is 0 Å². The Morgan fingerprint density at radius 1 is 0.720 bits per heavy atom. The summed E-state index contributed by atoms with van der Waals surface area (Å²) in [6.45, 7) is 6.72. The molecule has 1 aromatic heterocycles. The lowest BCUT2D eigenvalue weighted by Gasteiger charge is -2.19. The Morgan fingerprint density at radius 2 is 1.36 bits per heavy atom. The average Bonchev–Trinajstić information content (AvgIpc) is 3.01. The summed E-state index contributed by atoms with van der Waals surface area (Å²) in [6.07, 6.45) is 0. The Hall–Kier alpha value is -2.87. The Balaban J connectivity index is 2.10. The van der Waals surface area contributed by atoms with Gasteiger partial charge in [0, 0.05) is 11.3 Å². The third-order valence-electron chi connectivity index (χ3n) is 4.54. The van der Waals surface area contributed by atoms with Crippen LogP contribution in [-0.4, -0.2) is 9.55 Å². The van der Waals surface area contributed by atoms with Crippen LogP contribution < -0.4 is 0 Å². The van der Waals surface area contributed by atoms with Gasteiger partial charge in [0.15, 0.2) is 0 Å². The smallest absolute Gasteiger partial charge is 0.145 e. The monoisotopic (exact) mass is 326 g/mol. The van der Waals surface area contributed by atoms with Gasteiger partial charge < -0.3 is 0 Å². The molecule has 0 bridgehead atoms. The van der Waals surface area contributed by atoms with Crippen LogP contribution in [0.15, 0.2) is 78.9 Å². The molecule has 2 nitrogen and oxygen atoms in total. The van der Waals surface area contributed by atoms with Crippen molar-refractivity contribution in [2.45, 2.75) is 26.2 Å². The third kappa shape index (κ3) is 2.74. The molecular formula is C23H22N2. The molecule has 0 radical (unpaired) electrons. The number of fused-ring (bicyclic) bond motifs is 1. The highest BCUT2D eigenvalue weighted by atomic mass is 15.1. The van der Waals surface area contributed by atoms with Crippen molar-refractivity contribution in [3.63, 3.8) is 0 Å². The van der Waals surface area contributed by atoms with Crippen molar-refractivity contribution in [1.82, 2.24) is 9.55 Å². The molecule has 0 saturated heterocycles. The molecule has 25 heavy (non-hydrogen) atoms. The van der Waals surface area contributed by atoms with Gasteiger partial charge >= 0.3 is 0 Å². The fourth-order valence-corrected chi connectivity index (χ4v) is 3.32. The zero-order valence-electron chi connectivity index (χ0n) is 14.9. The van der Waals surface area contributed by atoms with E-state index in [1.165, 1.54) is 5.56 Å². The highest BCUT2D eigenvalue weighted by molar-refractivity contribution is 5.86. The van der Waals surface area contributed by atoms with Gasteiger partial charge in [0.1, 0.15) is 5.82 Å². The zero-order chi connectivity index (χ0) is 17.4. The molecular weight excluding hydrogens is 304 g/mol. The maximum Gasteiger partial charge on any atom is 0.145 e. The van der Waals surface area contributed by atoms with Crippen LogP contribution in [0.25, 0.3) is 28.1 Å². The largest absolute Gasteiger partial charge is 0.292 e. The van der Waals surface area contributed by atoms with Crippen molar-refractivity contribution in [3.05, 3.63) is 84.4 Å². The summed E-state index contributed by atoms with van der Waals surface area (Å²) in [5.41, 5.74) is 5.81. The van der Waals surface area contributed by atoms with Gasteiger partial charge in [-0.15, -0.1) is 0 Å². The second-order valence-corrected chi connectivity index (χ2v) is 7.40. The molecule has 0 aliphatic carbocycles. The molecule has 124 valence electrons. The number of nitrogens with zero attached hydrogens (tertiary/aromatic N) is 2. The normalized spacial score (nSPS) is 11.8. The zero-order valence-corrected chi connectivity index (χ0v) is 14.9. The predicted octanol–water partition coefficient (Wildman–Crippen LogP) is 5.99. The van der Waals surface area contributed by atoms with Gasteiger partial charge in [0.05, 0.1) is 11.0 Å². The number of hydrogen-bond acceptors (Lipinski definition) is 1. The van der Waals surface area contributed by atoms with Crippen molar-refractivity contribution < 1.29 is 0 Å². The van der Waals surface area contributed by atoms with E-state index in [2.05, 4.69) is 92.1 Å². The Labute approximate surface area is 148 Å². The first kappa shape index (κ1) is 15.6. The Bertz CT molecular complexity index is 1010. The van der Waals surface area contributed by atoms with E-state index in [4.69, 9.17) is 4.98 Å². The summed E-state index contributed by atoms with van der Waals surface area (Å²) in [5.74, 6) is 0.985. The molecule has 0 amide bonds. The van der Waals surface area contributed by atoms with E-state index in [1.54, 1.807) is 0 Å². The first-order valence-electron chi connectivity index (χ1n) is 8.68. The molecule has 2 heteroatoms. The lowest BCUT2D eigenvalue weighted by atomic mass is 9.86. The van der Waals surface area contributed by atoms with Crippen LogP contribution >= 0.6 is 0 Å². The molecule has 0 spiro atoms. The summed E-state index contributed by atoms with van der Waals surface area (Å²) < 4.78 is 2.26. The SMILES string of the molecule is CC(C)(C)c1cccc2c1nc(-c1ccccc1)n2-c1ccccc1. The predicted molar refractivity (Wildman–Crippen MR) is 105 cm³/mol. The molecule has 0 aliphatic heterocycles. The summed E-state index contributed by atoms with van der Waals surface area (Å²) in [4.78, 5) is 5.09. The molecule has 0 atom stereocenters. The molecule has 0 N–H and O–H groups in total. The third-order valence-corrected chi connectivity index (χ3v) is 4.54. The molecule has 0 aliphatic rings. The molecule has 4 rings (SSSR count). The van der Waals surface area contributed by atoms with Crippen molar-refractivity contribution in [2.24, 2.45) is 0 Å². The first-order chi connectivity index (χ1) is 12.1. The van der Waals surface area contributed by atoms with Crippen LogP contribution in [0.2, 0.25) is 0 Å². The van der Waals surface area contributed by atoms with Gasteiger partial charge in [-0.1, -0.05) is 81.4 Å². The van der Waals surface area contributed by atoms with Gasteiger partial charge in [-0.2, -0.15) is 0 Å². The van der Waals surface area contributed by atoms with Crippen molar-refractivity contribution in [2.75, 3.05) is 0 Å². The van der Waals surface area contributed by atoms with Crippen LogP contribution in [0.3, 0.4) is 0 Å². The highest BCUT2D eigenvalue weighted by Gasteiger charge is 2.22. The lowest BCUT2D eigenvalue weighted by Crippen LogP contribution is -2.11. The number of aromatic nitrogens is 2. The van der Waals surface area contributed by atoms with Crippen molar-refractivity contribution in [1.29, 1.82) is 0 Å². The number of hydrogen-bond donors (Lipinski definition) is 0. The van der Waals surface area contributed by atoms with E-state index in [0.717, 1.165) is 28.1 Å².